The minimum absolute atomic E-state index is 0. The summed E-state index contributed by atoms with van der Waals surface area (Å²) in [6, 6.07) is 17.6. The predicted octanol–water partition coefficient (Wildman–Crippen LogP) is 3.73. The standard InChI is InChI=1S/C25H26N4O2.ClH/c26-16-18-5-4-8-20(15-18)24(30)29-12-10-25(11-13-29)22-21(9-14-31-25)17-27-23(28-22)19-6-2-1-3-7-19;/h1-8,15,17H,9-14,16,26H2;1H. The quantitative estimate of drug-likeness (QED) is 0.657. The maximum atomic E-state index is 13.0. The average Bonchev–Trinajstić information content (AvgIpc) is 2.85. The van der Waals surface area contributed by atoms with Crippen molar-refractivity contribution in [3.63, 3.8) is 0 Å². The highest BCUT2D eigenvalue weighted by Gasteiger charge is 2.43. The molecule has 1 saturated heterocycles. The average molecular weight is 451 g/mol. The summed E-state index contributed by atoms with van der Waals surface area (Å²) in [4.78, 5) is 24.5. The summed E-state index contributed by atoms with van der Waals surface area (Å²) >= 11 is 0. The lowest BCUT2D eigenvalue weighted by molar-refractivity contribution is -0.0967. The molecule has 1 spiro atoms. The molecule has 0 bridgehead atoms. The molecule has 1 amide bonds. The van der Waals surface area contributed by atoms with Crippen LogP contribution in [0.5, 0.6) is 0 Å². The van der Waals surface area contributed by atoms with Crippen LogP contribution < -0.4 is 5.73 Å². The van der Waals surface area contributed by atoms with Gasteiger partial charge >= 0.3 is 0 Å². The summed E-state index contributed by atoms with van der Waals surface area (Å²) in [5, 5.41) is 0. The van der Waals surface area contributed by atoms with Crippen LogP contribution >= 0.6 is 12.4 Å². The molecule has 166 valence electrons. The highest BCUT2D eigenvalue weighted by atomic mass is 35.5. The zero-order valence-corrected chi connectivity index (χ0v) is 18.7. The Morgan fingerprint density at radius 1 is 1.09 bits per heavy atom. The largest absolute Gasteiger partial charge is 0.368 e. The smallest absolute Gasteiger partial charge is 0.253 e. The van der Waals surface area contributed by atoms with Crippen molar-refractivity contribution >= 4 is 18.3 Å². The van der Waals surface area contributed by atoms with Crippen LogP contribution in [0, 0.1) is 0 Å². The first-order valence-electron chi connectivity index (χ1n) is 10.8. The number of carbonyl (C=O) groups excluding carboxylic acids is 1. The number of hydrogen-bond donors (Lipinski definition) is 1. The fraction of sp³-hybridized carbons (Fsp3) is 0.320. The Bertz CT molecular complexity index is 1100. The second kappa shape index (κ2) is 9.36. The molecule has 1 fully saturated rings. The monoisotopic (exact) mass is 450 g/mol. The highest BCUT2D eigenvalue weighted by molar-refractivity contribution is 5.94. The molecule has 32 heavy (non-hydrogen) atoms. The third kappa shape index (κ3) is 4.13. The molecule has 0 atom stereocenters. The molecule has 2 aromatic carbocycles. The van der Waals surface area contributed by atoms with Crippen LogP contribution in [0.25, 0.3) is 11.4 Å². The number of fused-ring (bicyclic) bond motifs is 2. The summed E-state index contributed by atoms with van der Waals surface area (Å²) in [5.74, 6) is 0.773. The maximum absolute atomic E-state index is 13.0. The van der Waals surface area contributed by atoms with Gasteiger partial charge in [0, 0.05) is 37.0 Å². The molecule has 3 aromatic rings. The van der Waals surface area contributed by atoms with E-state index in [9.17, 15) is 4.79 Å². The van der Waals surface area contributed by atoms with Gasteiger partial charge in [-0.15, -0.1) is 12.4 Å². The van der Waals surface area contributed by atoms with E-state index in [4.69, 9.17) is 15.5 Å². The van der Waals surface area contributed by atoms with Crippen LogP contribution in [-0.4, -0.2) is 40.5 Å². The lowest BCUT2D eigenvalue weighted by atomic mass is 9.83. The molecule has 5 rings (SSSR count). The molecule has 7 heteroatoms. The molecule has 0 saturated carbocycles. The highest BCUT2D eigenvalue weighted by Crippen LogP contribution is 2.41. The van der Waals surface area contributed by atoms with Crippen LogP contribution in [0.1, 0.15) is 40.0 Å². The van der Waals surface area contributed by atoms with Gasteiger partial charge in [0.15, 0.2) is 5.82 Å². The Labute approximate surface area is 194 Å². The normalized spacial score (nSPS) is 16.8. The van der Waals surface area contributed by atoms with E-state index in [-0.39, 0.29) is 18.3 Å². The summed E-state index contributed by atoms with van der Waals surface area (Å²) in [6.07, 6.45) is 4.23. The van der Waals surface area contributed by atoms with Gasteiger partial charge in [0.25, 0.3) is 5.91 Å². The van der Waals surface area contributed by atoms with Crippen molar-refractivity contribution in [3.8, 4) is 11.4 Å². The first kappa shape index (κ1) is 22.4. The summed E-state index contributed by atoms with van der Waals surface area (Å²) < 4.78 is 6.35. The number of likely N-dealkylation sites (tertiary alicyclic amines) is 1. The van der Waals surface area contributed by atoms with Crippen molar-refractivity contribution in [2.45, 2.75) is 31.4 Å². The zero-order chi connectivity index (χ0) is 21.3. The van der Waals surface area contributed by atoms with Crippen molar-refractivity contribution in [1.29, 1.82) is 0 Å². The Hall–Kier alpha value is -2.80. The zero-order valence-electron chi connectivity index (χ0n) is 17.9. The van der Waals surface area contributed by atoms with Crippen LogP contribution in [0.3, 0.4) is 0 Å². The molecule has 0 aliphatic carbocycles. The molecule has 0 radical (unpaired) electrons. The number of aromatic nitrogens is 2. The number of hydrogen-bond acceptors (Lipinski definition) is 5. The number of halogens is 1. The van der Waals surface area contributed by atoms with Crippen LogP contribution in [-0.2, 0) is 23.3 Å². The minimum Gasteiger partial charge on any atom is -0.368 e. The molecule has 2 aliphatic rings. The van der Waals surface area contributed by atoms with E-state index < -0.39 is 5.60 Å². The van der Waals surface area contributed by atoms with Gasteiger partial charge in [-0.05, 0) is 42.5 Å². The van der Waals surface area contributed by atoms with Crippen LogP contribution in [0.2, 0.25) is 0 Å². The Kier molecular flexibility index (Phi) is 6.55. The summed E-state index contributed by atoms with van der Waals surface area (Å²) in [5.41, 5.74) is 10.1. The molecule has 3 heterocycles. The van der Waals surface area contributed by atoms with E-state index in [1.807, 2.05) is 65.7 Å². The van der Waals surface area contributed by atoms with Gasteiger partial charge in [-0.1, -0.05) is 42.5 Å². The van der Waals surface area contributed by atoms with Gasteiger partial charge < -0.3 is 15.4 Å². The SMILES string of the molecule is Cl.NCc1cccc(C(=O)N2CCC3(CC2)OCCc2cnc(-c4ccccc4)nc23)c1. The number of carbonyl (C=O) groups is 1. The lowest BCUT2D eigenvalue weighted by Crippen LogP contribution is -2.49. The lowest BCUT2D eigenvalue weighted by Gasteiger charge is -2.44. The van der Waals surface area contributed by atoms with Crippen molar-refractivity contribution in [2.24, 2.45) is 5.73 Å². The summed E-state index contributed by atoms with van der Waals surface area (Å²) in [7, 11) is 0. The first-order chi connectivity index (χ1) is 15.2. The Balaban J connectivity index is 0.00000245. The van der Waals surface area contributed by atoms with E-state index in [1.54, 1.807) is 0 Å². The second-order valence-electron chi connectivity index (χ2n) is 8.22. The van der Waals surface area contributed by atoms with E-state index in [2.05, 4.69) is 4.98 Å². The third-order valence-electron chi connectivity index (χ3n) is 6.35. The fourth-order valence-electron chi connectivity index (χ4n) is 4.60. The number of nitrogens with zero attached hydrogens (tertiary/aromatic N) is 3. The topological polar surface area (TPSA) is 81.3 Å². The number of amides is 1. The maximum Gasteiger partial charge on any atom is 0.253 e. The molecular weight excluding hydrogens is 424 g/mol. The molecule has 1 aromatic heterocycles. The first-order valence-corrected chi connectivity index (χ1v) is 10.8. The van der Waals surface area contributed by atoms with E-state index in [0.717, 1.165) is 47.5 Å². The second-order valence-corrected chi connectivity index (χ2v) is 8.22. The molecule has 6 nitrogen and oxygen atoms in total. The van der Waals surface area contributed by atoms with Gasteiger partial charge in [0.2, 0.25) is 0 Å². The van der Waals surface area contributed by atoms with Crippen molar-refractivity contribution in [1.82, 2.24) is 14.9 Å². The van der Waals surface area contributed by atoms with Gasteiger partial charge in [0.1, 0.15) is 5.60 Å². The van der Waals surface area contributed by atoms with Gasteiger partial charge in [-0.25, -0.2) is 9.97 Å². The third-order valence-corrected chi connectivity index (χ3v) is 6.35. The van der Waals surface area contributed by atoms with Crippen molar-refractivity contribution in [2.75, 3.05) is 19.7 Å². The van der Waals surface area contributed by atoms with Crippen molar-refractivity contribution in [3.05, 3.63) is 83.2 Å². The predicted molar refractivity (Wildman–Crippen MR) is 126 cm³/mol. The van der Waals surface area contributed by atoms with E-state index in [1.165, 1.54) is 0 Å². The molecular formula is C25H27ClN4O2. The van der Waals surface area contributed by atoms with E-state index in [0.29, 0.717) is 31.8 Å². The number of benzene rings is 2. The minimum atomic E-state index is -0.448. The van der Waals surface area contributed by atoms with E-state index >= 15 is 0 Å². The van der Waals surface area contributed by atoms with Gasteiger partial charge in [-0.2, -0.15) is 0 Å². The van der Waals surface area contributed by atoms with Gasteiger partial charge in [0.05, 0.1) is 12.3 Å². The Morgan fingerprint density at radius 3 is 2.62 bits per heavy atom. The van der Waals surface area contributed by atoms with Crippen LogP contribution in [0.15, 0.2) is 60.8 Å². The molecule has 0 unspecified atom stereocenters. The summed E-state index contributed by atoms with van der Waals surface area (Å²) in [6.45, 7) is 2.36. The van der Waals surface area contributed by atoms with Gasteiger partial charge in [-0.3, -0.25) is 4.79 Å². The molecule has 2 N–H and O–H groups in total. The van der Waals surface area contributed by atoms with Crippen molar-refractivity contribution < 1.29 is 9.53 Å². The fourth-order valence-corrected chi connectivity index (χ4v) is 4.60. The molecule has 2 aliphatic heterocycles. The number of nitrogens with two attached hydrogens (primary N) is 1. The number of rotatable bonds is 3. The Morgan fingerprint density at radius 2 is 1.88 bits per heavy atom. The number of ether oxygens (including phenoxy) is 1. The van der Waals surface area contributed by atoms with Crippen LogP contribution in [0.4, 0.5) is 0 Å². The number of piperidine rings is 1.